The molecule has 18 aromatic rings. The summed E-state index contributed by atoms with van der Waals surface area (Å²) in [5.41, 5.74) is 13.5. The minimum Gasteiger partial charge on any atom is -0.399 e. The first-order valence-electron chi connectivity index (χ1n) is 31.2. The van der Waals surface area contributed by atoms with E-state index in [0.717, 1.165) is 77.2 Å². The summed E-state index contributed by atoms with van der Waals surface area (Å²) in [6.07, 6.45) is 3.76. The number of para-hydroxylation sites is 6. The number of pyridine rings is 2. The molecule has 0 atom stereocenters. The second-order valence-electron chi connectivity index (χ2n) is 24.9. The molecule has 0 bridgehead atoms. The Labute approximate surface area is 540 Å². The van der Waals surface area contributed by atoms with Gasteiger partial charge in [0.15, 0.2) is 0 Å². The van der Waals surface area contributed by atoms with Crippen molar-refractivity contribution >= 4 is 137 Å². The summed E-state index contributed by atoms with van der Waals surface area (Å²) in [7, 11) is -0.376. The Hall–Kier alpha value is -10.6. The second-order valence-corrected chi connectivity index (χ2v) is 25.8. The Bertz CT molecular complexity index is 5830. The van der Waals surface area contributed by atoms with Crippen molar-refractivity contribution in [2.75, 3.05) is 0 Å². The van der Waals surface area contributed by atoms with Crippen LogP contribution in [0.2, 0.25) is 0 Å². The highest BCUT2D eigenvalue weighted by atomic mass is 79.9. The summed E-state index contributed by atoms with van der Waals surface area (Å²) < 4.78 is 18.3. The molecule has 10 heteroatoms. The van der Waals surface area contributed by atoms with Gasteiger partial charge < -0.3 is 9.31 Å². The van der Waals surface area contributed by atoms with Gasteiger partial charge in [-0.25, -0.2) is 9.97 Å². The van der Waals surface area contributed by atoms with Crippen LogP contribution in [0.25, 0.3) is 154 Å². The van der Waals surface area contributed by atoms with E-state index in [1.165, 1.54) is 86.5 Å². The highest BCUT2D eigenvalue weighted by molar-refractivity contribution is 9.10. The molecule has 1 aliphatic heterocycles. The minimum absolute atomic E-state index is 0.359. The summed E-state index contributed by atoms with van der Waals surface area (Å²) in [6.45, 7) is 8.39. The Balaban J connectivity index is 0.000000111. The van der Waals surface area contributed by atoms with Gasteiger partial charge in [0.25, 0.3) is 0 Å². The lowest BCUT2D eigenvalue weighted by Gasteiger charge is -2.32. The summed E-state index contributed by atoms with van der Waals surface area (Å²) in [6, 6.07) is 94.0. The lowest BCUT2D eigenvalue weighted by molar-refractivity contribution is 0.00578. The fourth-order valence-corrected chi connectivity index (χ4v) is 14.1. The van der Waals surface area contributed by atoms with Gasteiger partial charge in [-0.3, -0.25) is 19.1 Å². The zero-order valence-corrected chi connectivity index (χ0v) is 52.6. The number of nitrogens with zero attached hydrogens (tertiary/aromatic N) is 6. The number of rotatable bonds is 6. The highest BCUT2D eigenvalue weighted by Gasteiger charge is 2.52. The van der Waals surface area contributed by atoms with Crippen molar-refractivity contribution in [1.82, 2.24) is 29.1 Å². The fraction of sp³-hybridized carbons (Fsp3) is 0.0732. The van der Waals surface area contributed by atoms with E-state index in [2.05, 4.69) is 276 Å². The van der Waals surface area contributed by atoms with Gasteiger partial charge in [0.05, 0.1) is 44.3 Å². The normalized spacial score (nSPS) is 13.8. The van der Waals surface area contributed by atoms with Crippen molar-refractivity contribution in [1.29, 1.82) is 0 Å². The lowest BCUT2D eigenvalue weighted by Crippen LogP contribution is -2.41. The van der Waals surface area contributed by atoms with E-state index in [9.17, 15) is 0 Å². The molecule has 92 heavy (non-hydrogen) atoms. The molecule has 0 spiro atoms. The molecule has 1 aliphatic rings. The van der Waals surface area contributed by atoms with Crippen LogP contribution in [0.3, 0.4) is 0 Å². The molecule has 4 aromatic heterocycles. The quantitative estimate of drug-likeness (QED) is 0.0938. The van der Waals surface area contributed by atoms with E-state index in [1.54, 1.807) is 0 Å². The molecular formula is C82H58BBrN6O2. The minimum atomic E-state index is -0.376. The molecule has 0 radical (unpaired) electrons. The largest absolute Gasteiger partial charge is 0.495 e. The monoisotopic (exact) mass is 1250 g/mol. The smallest absolute Gasteiger partial charge is 0.399 e. The van der Waals surface area contributed by atoms with Crippen LogP contribution in [0.15, 0.2) is 284 Å². The lowest BCUT2D eigenvalue weighted by atomic mass is 9.74. The molecular weight excluding hydrogens is 1190 g/mol. The van der Waals surface area contributed by atoms with Crippen LogP contribution in [0.5, 0.6) is 0 Å². The number of hydrogen-bond donors (Lipinski definition) is 0. The van der Waals surface area contributed by atoms with Crippen molar-refractivity contribution in [3.05, 3.63) is 284 Å². The van der Waals surface area contributed by atoms with Crippen LogP contribution in [0, 0.1) is 0 Å². The fourth-order valence-electron chi connectivity index (χ4n) is 13.8. The molecule has 1 saturated heterocycles. The van der Waals surface area contributed by atoms with Crippen LogP contribution in [-0.4, -0.2) is 47.4 Å². The first-order valence-corrected chi connectivity index (χ1v) is 32.0. The van der Waals surface area contributed by atoms with Crippen molar-refractivity contribution in [2.24, 2.45) is 0 Å². The molecule has 0 N–H and O–H groups in total. The first-order chi connectivity index (χ1) is 45.0. The van der Waals surface area contributed by atoms with Crippen LogP contribution in [0.1, 0.15) is 27.7 Å². The number of benzene rings is 14. The topological polar surface area (TPSA) is 79.9 Å². The number of halogens is 1. The zero-order chi connectivity index (χ0) is 61.8. The van der Waals surface area contributed by atoms with E-state index in [4.69, 9.17) is 24.3 Å². The Morgan fingerprint density at radius 3 is 1.30 bits per heavy atom. The van der Waals surface area contributed by atoms with E-state index < -0.39 is 0 Å². The summed E-state index contributed by atoms with van der Waals surface area (Å²) in [5.74, 6) is 1.90. The van der Waals surface area contributed by atoms with Crippen LogP contribution < -0.4 is 5.46 Å². The third kappa shape index (κ3) is 9.19. The van der Waals surface area contributed by atoms with Gasteiger partial charge in [0.1, 0.15) is 11.6 Å². The third-order valence-corrected chi connectivity index (χ3v) is 19.5. The predicted molar refractivity (Wildman–Crippen MR) is 386 cm³/mol. The van der Waals surface area contributed by atoms with Gasteiger partial charge in [0, 0.05) is 60.9 Å². The van der Waals surface area contributed by atoms with Gasteiger partial charge in [-0.15, -0.1) is 0 Å². The average molecular weight is 1250 g/mol. The van der Waals surface area contributed by atoms with Crippen molar-refractivity contribution in [2.45, 2.75) is 38.9 Å². The highest BCUT2D eigenvalue weighted by Crippen LogP contribution is 2.44. The maximum absolute atomic E-state index is 6.38. The molecule has 8 nitrogen and oxygen atoms in total. The molecule has 19 rings (SSSR count). The maximum atomic E-state index is 6.38. The molecule has 14 aromatic carbocycles. The van der Waals surface area contributed by atoms with E-state index in [-0.39, 0.29) is 18.3 Å². The van der Waals surface area contributed by atoms with E-state index in [1.807, 2.05) is 60.9 Å². The van der Waals surface area contributed by atoms with Gasteiger partial charge >= 0.3 is 7.12 Å². The number of hydrogen-bond acceptors (Lipinski definition) is 6. The Kier molecular flexibility index (Phi) is 13.1. The van der Waals surface area contributed by atoms with E-state index in [0.29, 0.717) is 0 Å². The molecule has 0 aliphatic carbocycles. The first kappa shape index (κ1) is 55.5. The maximum Gasteiger partial charge on any atom is 0.495 e. The Morgan fingerprint density at radius 2 is 0.772 bits per heavy atom. The van der Waals surface area contributed by atoms with Crippen LogP contribution in [0.4, 0.5) is 0 Å². The van der Waals surface area contributed by atoms with Crippen LogP contribution >= 0.6 is 15.9 Å². The summed E-state index contributed by atoms with van der Waals surface area (Å²) in [5, 5.41) is 17.3. The van der Waals surface area contributed by atoms with Gasteiger partial charge in [-0.2, -0.15) is 0 Å². The standard InChI is InChI=1S/C38H23N3.C25H22BNO2.C19H13BrN2/c1-2-8-29(9-3-1)41-34-11-5-4-10-33(34)40-38(41)26-14-12-24(13-15-26)30-19-16-25-17-21-32-36-27(18-20-31(30)35(25)36)23-28-7-6-22-39-37(28)32;1-24(2)25(3,4)29-26(28-24)20-12-9-15-7-11-19-22-16(8-10-18(20)21(15)22)14-17-6-5-13-27-23(17)19;20-15-12-10-14(11-13-15)19-21-17-8-4-5-9-18(17)22(19)16-6-2-1-3-7-16/h1-23H;5-14H,1-4H3;1-13H. The Morgan fingerprint density at radius 1 is 0.359 bits per heavy atom. The van der Waals surface area contributed by atoms with Gasteiger partial charge in [0.2, 0.25) is 0 Å². The van der Waals surface area contributed by atoms with Gasteiger partial charge in [-0.1, -0.05) is 198 Å². The second kappa shape index (κ2) is 21.8. The number of fused-ring (bicyclic) bond motifs is 6. The summed E-state index contributed by atoms with van der Waals surface area (Å²) in [4.78, 5) is 19.3. The van der Waals surface area contributed by atoms with Crippen LogP contribution in [-0.2, 0) is 9.31 Å². The summed E-state index contributed by atoms with van der Waals surface area (Å²) >= 11 is 3.49. The average Bonchev–Trinajstić information content (AvgIpc) is 0.843. The SMILES string of the molecule is Brc1ccc(-c2nc3ccccc3n2-c2ccccc2)cc1.CC1(C)OB(c2ccc3ccc4c5ncccc5cc5ccc2c3c54)OC1(C)C.c1ccc(-n2c(-c3ccc(-c4ccc5ccc6c7ncccc7cc7ccc4c5c76)cc3)nc3ccccc32)cc1. The van der Waals surface area contributed by atoms with Crippen molar-refractivity contribution in [3.8, 4) is 45.3 Å². The molecule has 5 heterocycles. The molecule has 1 fully saturated rings. The van der Waals surface area contributed by atoms with Crippen molar-refractivity contribution in [3.63, 3.8) is 0 Å². The van der Waals surface area contributed by atoms with Gasteiger partial charge in [-0.05, 0) is 183 Å². The number of aromatic nitrogens is 6. The zero-order valence-electron chi connectivity index (χ0n) is 51.0. The number of imidazole rings is 2. The third-order valence-electron chi connectivity index (χ3n) is 18.9. The predicted octanol–water partition coefficient (Wildman–Crippen LogP) is 20.7. The molecule has 0 saturated carbocycles. The van der Waals surface area contributed by atoms with E-state index >= 15 is 0 Å². The van der Waals surface area contributed by atoms with Crippen molar-refractivity contribution < 1.29 is 9.31 Å². The molecule has 0 amide bonds. The molecule has 0 unspecified atom stereocenters. The molecule has 438 valence electrons.